The highest BCUT2D eigenvalue weighted by Gasteiger charge is 2.15. The molecule has 150 valence electrons. The number of hydrogen-bond acceptors (Lipinski definition) is 3. The van der Waals surface area contributed by atoms with Gasteiger partial charge in [-0.15, -0.1) is 0 Å². The first-order valence-corrected chi connectivity index (χ1v) is 9.17. The van der Waals surface area contributed by atoms with E-state index in [0.29, 0.717) is 16.8 Å². The van der Waals surface area contributed by atoms with Crippen LogP contribution in [-0.2, 0) is 7.05 Å². The molecule has 3 aromatic rings. The predicted octanol–water partition coefficient (Wildman–Crippen LogP) is 2.78. The van der Waals surface area contributed by atoms with Gasteiger partial charge in [-0.25, -0.2) is 4.79 Å². The average Bonchev–Trinajstić information content (AvgIpc) is 3.02. The lowest BCUT2D eigenvalue weighted by Gasteiger charge is -2.11. The van der Waals surface area contributed by atoms with Crippen LogP contribution in [0.2, 0.25) is 0 Å². The van der Waals surface area contributed by atoms with Crippen LogP contribution >= 0.6 is 0 Å². The standard InChI is InChI=1S/C21H23N5O3/c1-13(2)22-21(29)23-15-8-6-7-14(11-15)19(27)24-25-20(28)17-12-26(3)18-10-5-4-9-16(17)18/h4-13H,1-3H3,(H,24,27)(H,25,28)(H2,22,23,29). The number of nitrogens with zero attached hydrogens (tertiary/aromatic N) is 1. The Morgan fingerprint density at radius 3 is 2.41 bits per heavy atom. The van der Waals surface area contributed by atoms with E-state index in [1.807, 2.05) is 49.7 Å². The molecule has 8 heteroatoms. The van der Waals surface area contributed by atoms with Gasteiger partial charge < -0.3 is 15.2 Å². The molecular weight excluding hydrogens is 370 g/mol. The summed E-state index contributed by atoms with van der Waals surface area (Å²) in [6.45, 7) is 3.70. The number of hydrazine groups is 1. The highest BCUT2D eigenvalue weighted by molar-refractivity contribution is 6.08. The molecular formula is C21H23N5O3. The van der Waals surface area contributed by atoms with Crippen molar-refractivity contribution < 1.29 is 14.4 Å². The second-order valence-corrected chi connectivity index (χ2v) is 6.91. The highest BCUT2D eigenvalue weighted by Crippen LogP contribution is 2.20. The molecule has 2 aromatic carbocycles. The number of aromatic nitrogens is 1. The molecule has 0 atom stereocenters. The molecule has 0 aliphatic carbocycles. The van der Waals surface area contributed by atoms with E-state index in [-0.39, 0.29) is 12.1 Å². The van der Waals surface area contributed by atoms with Crippen molar-refractivity contribution >= 4 is 34.4 Å². The zero-order valence-electron chi connectivity index (χ0n) is 16.4. The number of carbonyl (C=O) groups excluding carboxylic acids is 3. The van der Waals surface area contributed by atoms with Crippen LogP contribution in [0.5, 0.6) is 0 Å². The third-order valence-electron chi connectivity index (χ3n) is 4.23. The quantitative estimate of drug-likeness (QED) is 0.512. The van der Waals surface area contributed by atoms with Crippen molar-refractivity contribution in [3.05, 3.63) is 65.9 Å². The number of benzene rings is 2. The van der Waals surface area contributed by atoms with Crippen molar-refractivity contribution in [2.24, 2.45) is 7.05 Å². The maximum atomic E-state index is 12.5. The van der Waals surface area contributed by atoms with E-state index in [1.54, 1.807) is 24.4 Å². The summed E-state index contributed by atoms with van der Waals surface area (Å²) in [4.78, 5) is 36.7. The molecule has 0 aliphatic heterocycles. The first-order valence-electron chi connectivity index (χ1n) is 9.17. The molecule has 0 bridgehead atoms. The van der Waals surface area contributed by atoms with Gasteiger partial charge in [0, 0.05) is 41.4 Å². The van der Waals surface area contributed by atoms with Crippen molar-refractivity contribution in [3.63, 3.8) is 0 Å². The zero-order chi connectivity index (χ0) is 21.0. The lowest BCUT2D eigenvalue weighted by atomic mass is 10.1. The van der Waals surface area contributed by atoms with E-state index in [9.17, 15) is 14.4 Å². The molecule has 1 heterocycles. The summed E-state index contributed by atoms with van der Waals surface area (Å²) < 4.78 is 1.85. The minimum Gasteiger partial charge on any atom is -0.350 e. The Balaban J connectivity index is 1.65. The molecule has 0 aliphatic rings. The van der Waals surface area contributed by atoms with Crippen molar-refractivity contribution in [1.82, 2.24) is 20.7 Å². The smallest absolute Gasteiger partial charge is 0.319 e. The van der Waals surface area contributed by atoms with Gasteiger partial charge in [0.2, 0.25) is 0 Å². The topological polar surface area (TPSA) is 104 Å². The van der Waals surface area contributed by atoms with E-state index in [1.165, 1.54) is 6.07 Å². The maximum absolute atomic E-state index is 12.5. The van der Waals surface area contributed by atoms with Crippen molar-refractivity contribution in [3.8, 4) is 0 Å². The first kappa shape index (κ1) is 19.9. The summed E-state index contributed by atoms with van der Waals surface area (Å²) in [5.74, 6) is -0.910. The number of rotatable bonds is 4. The molecule has 0 unspecified atom stereocenters. The molecule has 4 N–H and O–H groups in total. The lowest BCUT2D eigenvalue weighted by molar-refractivity contribution is 0.0847. The fourth-order valence-corrected chi connectivity index (χ4v) is 2.94. The number of hydrogen-bond donors (Lipinski definition) is 4. The third-order valence-corrected chi connectivity index (χ3v) is 4.23. The van der Waals surface area contributed by atoms with Crippen LogP contribution in [-0.4, -0.2) is 28.5 Å². The van der Waals surface area contributed by atoms with Gasteiger partial charge in [0.1, 0.15) is 0 Å². The van der Waals surface area contributed by atoms with Gasteiger partial charge in [-0.3, -0.25) is 20.4 Å². The molecule has 0 radical (unpaired) electrons. The van der Waals surface area contributed by atoms with Crippen LogP contribution in [0.15, 0.2) is 54.7 Å². The normalized spacial score (nSPS) is 10.6. The van der Waals surface area contributed by atoms with Crippen molar-refractivity contribution in [2.75, 3.05) is 5.32 Å². The van der Waals surface area contributed by atoms with Gasteiger partial charge in [0.05, 0.1) is 5.56 Å². The van der Waals surface area contributed by atoms with Gasteiger partial charge in [-0.05, 0) is 38.1 Å². The van der Waals surface area contributed by atoms with Crippen LogP contribution < -0.4 is 21.5 Å². The van der Waals surface area contributed by atoms with Gasteiger partial charge >= 0.3 is 6.03 Å². The number of carbonyl (C=O) groups is 3. The summed E-state index contributed by atoms with van der Waals surface area (Å²) in [5.41, 5.74) is 6.99. The predicted molar refractivity (Wildman–Crippen MR) is 112 cm³/mol. The summed E-state index contributed by atoms with van der Waals surface area (Å²) in [6, 6.07) is 13.6. The summed E-state index contributed by atoms with van der Waals surface area (Å²) in [7, 11) is 1.85. The Bertz CT molecular complexity index is 1070. The first-order chi connectivity index (χ1) is 13.8. The Morgan fingerprint density at radius 1 is 0.931 bits per heavy atom. The second kappa shape index (κ2) is 8.47. The van der Waals surface area contributed by atoms with Crippen LogP contribution in [0, 0.1) is 0 Å². The molecule has 0 saturated heterocycles. The minimum absolute atomic E-state index is 0.00855. The molecule has 0 fully saturated rings. The molecule has 4 amide bonds. The number of anilines is 1. The molecule has 1 aromatic heterocycles. The molecule has 0 saturated carbocycles. The SMILES string of the molecule is CC(C)NC(=O)Nc1cccc(C(=O)NNC(=O)c2cn(C)c3ccccc23)c1. The third kappa shape index (κ3) is 4.73. The highest BCUT2D eigenvalue weighted by atomic mass is 16.2. The van der Waals surface area contributed by atoms with Crippen molar-refractivity contribution in [2.45, 2.75) is 19.9 Å². The number of urea groups is 1. The van der Waals surface area contributed by atoms with E-state index < -0.39 is 11.8 Å². The summed E-state index contributed by atoms with van der Waals surface area (Å²) in [6.07, 6.45) is 1.71. The average molecular weight is 393 g/mol. The number of para-hydroxylation sites is 1. The molecule has 3 rings (SSSR count). The number of amides is 4. The second-order valence-electron chi connectivity index (χ2n) is 6.91. The van der Waals surface area contributed by atoms with Gasteiger partial charge in [0.25, 0.3) is 11.8 Å². The van der Waals surface area contributed by atoms with Crippen LogP contribution in [0.4, 0.5) is 10.5 Å². The fourth-order valence-electron chi connectivity index (χ4n) is 2.94. The Kier molecular flexibility index (Phi) is 5.82. The Hall–Kier alpha value is -3.81. The van der Waals surface area contributed by atoms with Crippen LogP contribution in [0.25, 0.3) is 10.9 Å². The Morgan fingerprint density at radius 2 is 1.66 bits per heavy atom. The van der Waals surface area contributed by atoms with Gasteiger partial charge in [-0.2, -0.15) is 0 Å². The zero-order valence-corrected chi connectivity index (χ0v) is 16.4. The number of nitrogens with one attached hydrogen (secondary N) is 4. The van der Waals surface area contributed by atoms with Crippen LogP contribution in [0.3, 0.4) is 0 Å². The van der Waals surface area contributed by atoms with E-state index in [0.717, 1.165) is 10.9 Å². The van der Waals surface area contributed by atoms with E-state index >= 15 is 0 Å². The summed E-state index contributed by atoms with van der Waals surface area (Å²) >= 11 is 0. The Labute approximate surface area is 168 Å². The minimum atomic E-state index is -0.494. The number of fused-ring (bicyclic) bond motifs is 1. The van der Waals surface area contributed by atoms with E-state index in [2.05, 4.69) is 21.5 Å². The monoisotopic (exact) mass is 393 g/mol. The fraction of sp³-hybridized carbons (Fsp3) is 0.190. The molecule has 0 spiro atoms. The molecule has 29 heavy (non-hydrogen) atoms. The largest absolute Gasteiger partial charge is 0.350 e. The molecule has 8 nitrogen and oxygen atoms in total. The summed E-state index contributed by atoms with van der Waals surface area (Å²) in [5, 5.41) is 6.16. The van der Waals surface area contributed by atoms with E-state index in [4.69, 9.17) is 0 Å². The number of aryl methyl sites for hydroxylation is 1. The maximum Gasteiger partial charge on any atom is 0.319 e. The van der Waals surface area contributed by atoms with Gasteiger partial charge in [-0.1, -0.05) is 24.3 Å². The van der Waals surface area contributed by atoms with Crippen LogP contribution in [0.1, 0.15) is 34.6 Å². The van der Waals surface area contributed by atoms with Gasteiger partial charge in [0.15, 0.2) is 0 Å². The lowest BCUT2D eigenvalue weighted by Crippen LogP contribution is -2.41. The van der Waals surface area contributed by atoms with Crippen molar-refractivity contribution in [1.29, 1.82) is 0 Å².